The zero-order valence-electron chi connectivity index (χ0n) is 11.4. The van der Waals surface area contributed by atoms with Crippen LogP contribution in [0, 0.1) is 0 Å². The van der Waals surface area contributed by atoms with Crippen LogP contribution in [0.3, 0.4) is 0 Å². The van der Waals surface area contributed by atoms with Crippen LogP contribution in [-0.4, -0.2) is 41.5 Å². The summed E-state index contributed by atoms with van der Waals surface area (Å²) < 4.78 is 0. The van der Waals surface area contributed by atoms with E-state index in [2.05, 4.69) is 22.1 Å². The molecule has 0 spiro atoms. The van der Waals surface area contributed by atoms with Gasteiger partial charge in [0, 0.05) is 18.8 Å². The second-order valence-electron chi connectivity index (χ2n) is 5.12. The number of likely N-dealkylation sites (tertiary alicyclic amines) is 1. The zero-order chi connectivity index (χ0) is 13.7. The van der Waals surface area contributed by atoms with E-state index >= 15 is 0 Å². The Hall–Kier alpha value is -1.62. The average molecular weight is 262 g/mol. The number of amides is 1. The van der Waals surface area contributed by atoms with Crippen molar-refractivity contribution in [1.29, 1.82) is 0 Å². The van der Waals surface area contributed by atoms with E-state index < -0.39 is 5.91 Å². The van der Waals surface area contributed by atoms with Crippen LogP contribution >= 0.6 is 0 Å². The van der Waals surface area contributed by atoms with E-state index in [1.807, 2.05) is 0 Å². The number of primary amides is 1. The SMILES string of the molecule is CC(CNc1ccc(C(N)=O)cn1)N1CCCCC1. The van der Waals surface area contributed by atoms with Gasteiger partial charge in [-0.2, -0.15) is 0 Å². The van der Waals surface area contributed by atoms with Crippen molar-refractivity contribution in [3.63, 3.8) is 0 Å². The smallest absolute Gasteiger partial charge is 0.250 e. The van der Waals surface area contributed by atoms with Gasteiger partial charge in [-0.25, -0.2) is 4.98 Å². The van der Waals surface area contributed by atoms with Gasteiger partial charge in [0.05, 0.1) is 5.56 Å². The molecule has 1 aliphatic rings. The molecule has 19 heavy (non-hydrogen) atoms. The fourth-order valence-corrected chi connectivity index (χ4v) is 2.38. The van der Waals surface area contributed by atoms with Gasteiger partial charge in [-0.05, 0) is 45.0 Å². The molecule has 1 atom stereocenters. The molecular formula is C14H22N4O. The van der Waals surface area contributed by atoms with Gasteiger partial charge in [0.25, 0.3) is 0 Å². The van der Waals surface area contributed by atoms with E-state index in [0.29, 0.717) is 11.6 Å². The molecular weight excluding hydrogens is 240 g/mol. The van der Waals surface area contributed by atoms with Gasteiger partial charge in [0.2, 0.25) is 5.91 Å². The average Bonchev–Trinajstić information content (AvgIpc) is 2.46. The Morgan fingerprint density at radius 1 is 1.42 bits per heavy atom. The first-order valence-corrected chi connectivity index (χ1v) is 6.90. The minimum atomic E-state index is -0.444. The molecule has 1 aromatic rings. The molecule has 3 N–H and O–H groups in total. The molecule has 1 unspecified atom stereocenters. The lowest BCUT2D eigenvalue weighted by atomic mass is 10.1. The molecule has 0 saturated carbocycles. The molecule has 104 valence electrons. The number of carbonyl (C=O) groups is 1. The molecule has 1 saturated heterocycles. The maximum Gasteiger partial charge on any atom is 0.250 e. The summed E-state index contributed by atoms with van der Waals surface area (Å²) in [5, 5.41) is 3.30. The first-order chi connectivity index (χ1) is 9.16. The van der Waals surface area contributed by atoms with Crippen LogP contribution in [0.2, 0.25) is 0 Å². The Morgan fingerprint density at radius 3 is 2.74 bits per heavy atom. The number of nitrogens with zero attached hydrogens (tertiary/aromatic N) is 2. The predicted octanol–water partition coefficient (Wildman–Crippen LogP) is 1.47. The second kappa shape index (κ2) is 6.52. The van der Waals surface area contributed by atoms with Crippen LogP contribution in [0.25, 0.3) is 0 Å². The summed E-state index contributed by atoms with van der Waals surface area (Å²) in [4.78, 5) is 17.6. The lowest BCUT2D eigenvalue weighted by molar-refractivity contribution is 0.1000. The number of hydrogen-bond donors (Lipinski definition) is 2. The molecule has 1 aromatic heterocycles. The molecule has 2 rings (SSSR count). The van der Waals surface area contributed by atoms with Crippen molar-refractivity contribution in [3.8, 4) is 0 Å². The summed E-state index contributed by atoms with van der Waals surface area (Å²) in [6.45, 7) is 5.48. The zero-order valence-corrected chi connectivity index (χ0v) is 11.4. The Balaban J connectivity index is 1.82. The summed E-state index contributed by atoms with van der Waals surface area (Å²) >= 11 is 0. The molecule has 1 fully saturated rings. The second-order valence-corrected chi connectivity index (χ2v) is 5.12. The molecule has 1 amide bonds. The Labute approximate surface area is 114 Å². The third-order valence-corrected chi connectivity index (χ3v) is 3.64. The monoisotopic (exact) mass is 262 g/mol. The number of anilines is 1. The standard InChI is InChI=1S/C14H22N4O/c1-11(18-7-3-2-4-8-18)9-16-13-6-5-12(10-17-13)14(15)19/h5-6,10-11H,2-4,7-9H2,1H3,(H2,15,19)(H,16,17). The number of carbonyl (C=O) groups excluding carboxylic acids is 1. The highest BCUT2D eigenvalue weighted by atomic mass is 16.1. The topological polar surface area (TPSA) is 71.2 Å². The highest BCUT2D eigenvalue weighted by Gasteiger charge is 2.16. The van der Waals surface area contributed by atoms with Gasteiger partial charge in [0.15, 0.2) is 0 Å². The Bertz CT molecular complexity index is 412. The molecule has 0 radical (unpaired) electrons. The fraction of sp³-hybridized carbons (Fsp3) is 0.571. The maximum absolute atomic E-state index is 10.9. The lowest BCUT2D eigenvalue weighted by Gasteiger charge is -2.32. The van der Waals surface area contributed by atoms with Crippen LogP contribution in [0.4, 0.5) is 5.82 Å². The maximum atomic E-state index is 10.9. The van der Waals surface area contributed by atoms with Crippen molar-refractivity contribution < 1.29 is 4.79 Å². The minimum absolute atomic E-state index is 0.439. The van der Waals surface area contributed by atoms with Gasteiger partial charge >= 0.3 is 0 Å². The molecule has 5 heteroatoms. The third-order valence-electron chi connectivity index (χ3n) is 3.64. The summed E-state index contributed by atoms with van der Waals surface area (Å²) in [6, 6.07) is 3.99. The van der Waals surface area contributed by atoms with Crippen molar-refractivity contribution in [1.82, 2.24) is 9.88 Å². The summed E-state index contributed by atoms with van der Waals surface area (Å²) in [6.07, 6.45) is 5.47. The van der Waals surface area contributed by atoms with Crippen LogP contribution < -0.4 is 11.1 Å². The molecule has 0 aliphatic carbocycles. The predicted molar refractivity (Wildman–Crippen MR) is 76.1 cm³/mol. The molecule has 0 bridgehead atoms. The van der Waals surface area contributed by atoms with E-state index in [0.717, 1.165) is 12.4 Å². The van der Waals surface area contributed by atoms with E-state index in [4.69, 9.17) is 5.73 Å². The van der Waals surface area contributed by atoms with E-state index in [1.165, 1.54) is 38.5 Å². The van der Waals surface area contributed by atoms with Crippen LogP contribution in [-0.2, 0) is 0 Å². The quantitative estimate of drug-likeness (QED) is 0.843. The van der Waals surface area contributed by atoms with Crippen molar-refractivity contribution in [2.24, 2.45) is 5.73 Å². The highest BCUT2D eigenvalue weighted by Crippen LogP contribution is 2.12. The van der Waals surface area contributed by atoms with Crippen molar-refractivity contribution in [2.75, 3.05) is 25.0 Å². The molecule has 2 heterocycles. The van der Waals surface area contributed by atoms with Crippen LogP contribution in [0.5, 0.6) is 0 Å². The van der Waals surface area contributed by atoms with Gasteiger partial charge in [-0.1, -0.05) is 6.42 Å². The number of piperidine rings is 1. The number of hydrogen-bond acceptors (Lipinski definition) is 4. The number of nitrogens with two attached hydrogens (primary N) is 1. The van der Waals surface area contributed by atoms with Gasteiger partial charge < -0.3 is 11.1 Å². The summed E-state index contributed by atoms with van der Waals surface area (Å²) in [5.74, 6) is 0.342. The van der Waals surface area contributed by atoms with Gasteiger partial charge in [-0.3, -0.25) is 9.69 Å². The lowest BCUT2D eigenvalue weighted by Crippen LogP contribution is -2.41. The first kappa shape index (κ1) is 13.8. The van der Waals surface area contributed by atoms with E-state index in [-0.39, 0.29) is 0 Å². The highest BCUT2D eigenvalue weighted by molar-refractivity contribution is 5.92. The Morgan fingerprint density at radius 2 is 2.16 bits per heavy atom. The summed E-state index contributed by atoms with van der Waals surface area (Å²) in [7, 11) is 0. The minimum Gasteiger partial charge on any atom is -0.369 e. The molecule has 0 aromatic carbocycles. The molecule has 5 nitrogen and oxygen atoms in total. The normalized spacial score (nSPS) is 17.9. The number of rotatable bonds is 5. The first-order valence-electron chi connectivity index (χ1n) is 6.90. The third kappa shape index (κ3) is 3.92. The fourth-order valence-electron chi connectivity index (χ4n) is 2.38. The van der Waals surface area contributed by atoms with E-state index in [9.17, 15) is 4.79 Å². The molecule has 1 aliphatic heterocycles. The van der Waals surface area contributed by atoms with Crippen molar-refractivity contribution >= 4 is 11.7 Å². The Kier molecular flexibility index (Phi) is 4.74. The van der Waals surface area contributed by atoms with Gasteiger partial charge in [-0.15, -0.1) is 0 Å². The van der Waals surface area contributed by atoms with Crippen molar-refractivity contribution in [3.05, 3.63) is 23.9 Å². The number of nitrogens with one attached hydrogen (secondary N) is 1. The number of aromatic nitrogens is 1. The van der Waals surface area contributed by atoms with Crippen LogP contribution in [0.15, 0.2) is 18.3 Å². The van der Waals surface area contributed by atoms with Crippen LogP contribution in [0.1, 0.15) is 36.5 Å². The van der Waals surface area contributed by atoms with E-state index in [1.54, 1.807) is 12.1 Å². The summed E-state index contributed by atoms with van der Waals surface area (Å²) in [5.41, 5.74) is 5.62. The van der Waals surface area contributed by atoms with Crippen molar-refractivity contribution in [2.45, 2.75) is 32.2 Å². The van der Waals surface area contributed by atoms with Gasteiger partial charge in [0.1, 0.15) is 5.82 Å². The largest absolute Gasteiger partial charge is 0.369 e. The number of pyridine rings is 1.